The van der Waals surface area contributed by atoms with Crippen molar-refractivity contribution in [3.05, 3.63) is 28.5 Å². The third kappa shape index (κ3) is 5.75. The van der Waals surface area contributed by atoms with Crippen LogP contribution < -0.4 is 10.6 Å². The highest BCUT2D eigenvalue weighted by molar-refractivity contribution is 9.10. The molecule has 0 heterocycles. The molecule has 1 aromatic carbocycles. The van der Waals surface area contributed by atoms with E-state index in [4.69, 9.17) is 17.0 Å². The maximum atomic E-state index is 12.9. The van der Waals surface area contributed by atoms with Gasteiger partial charge in [0, 0.05) is 24.2 Å². The molecule has 18 heavy (non-hydrogen) atoms. The highest BCUT2D eigenvalue weighted by atomic mass is 79.9. The highest BCUT2D eigenvalue weighted by Crippen LogP contribution is 2.22. The van der Waals surface area contributed by atoms with Gasteiger partial charge in [0.15, 0.2) is 5.11 Å². The summed E-state index contributed by atoms with van der Waals surface area (Å²) in [6, 6.07) is 4.40. The topological polar surface area (TPSA) is 33.3 Å². The van der Waals surface area contributed by atoms with E-state index in [0.717, 1.165) is 25.3 Å². The second kappa shape index (κ2) is 8.39. The Bertz CT molecular complexity index is 404. The first kappa shape index (κ1) is 15.3. The summed E-state index contributed by atoms with van der Waals surface area (Å²) in [5.41, 5.74) is 0.735. The zero-order chi connectivity index (χ0) is 13.4. The molecule has 0 unspecified atom stereocenters. The molecule has 0 amide bonds. The molecular weight excluding hydrogens is 319 g/mol. The van der Waals surface area contributed by atoms with Crippen LogP contribution in [0.4, 0.5) is 10.1 Å². The van der Waals surface area contributed by atoms with Gasteiger partial charge in [-0.3, -0.25) is 0 Å². The van der Waals surface area contributed by atoms with Gasteiger partial charge in [0.2, 0.25) is 0 Å². The molecule has 0 bridgehead atoms. The molecule has 0 spiro atoms. The lowest BCUT2D eigenvalue weighted by Gasteiger charge is -2.11. The van der Waals surface area contributed by atoms with Crippen LogP contribution in [0.25, 0.3) is 0 Å². The number of anilines is 1. The molecule has 0 saturated heterocycles. The number of thiocarbonyl (C=S) groups is 1. The molecule has 0 fully saturated rings. The van der Waals surface area contributed by atoms with E-state index in [9.17, 15) is 4.39 Å². The van der Waals surface area contributed by atoms with Crippen molar-refractivity contribution in [2.24, 2.45) is 0 Å². The SMILES string of the molecule is CCOCCCNC(=S)Nc1ccc(F)cc1Br. The molecule has 0 atom stereocenters. The van der Waals surface area contributed by atoms with Gasteiger partial charge in [0.1, 0.15) is 5.82 Å². The third-order valence-corrected chi connectivity index (χ3v) is 3.04. The van der Waals surface area contributed by atoms with Crippen molar-refractivity contribution < 1.29 is 9.13 Å². The summed E-state index contributed by atoms with van der Waals surface area (Å²) in [4.78, 5) is 0. The minimum atomic E-state index is -0.289. The van der Waals surface area contributed by atoms with Gasteiger partial charge in [-0.2, -0.15) is 0 Å². The molecule has 0 aliphatic rings. The number of halogens is 2. The molecule has 0 radical (unpaired) electrons. The molecule has 0 saturated carbocycles. The van der Waals surface area contributed by atoms with Crippen LogP contribution in [-0.4, -0.2) is 24.9 Å². The zero-order valence-electron chi connectivity index (χ0n) is 10.1. The number of ether oxygens (including phenoxy) is 1. The minimum Gasteiger partial charge on any atom is -0.382 e. The van der Waals surface area contributed by atoms with Crippen molar-refractivity contribution in [3.63, 3.8) is 0 Å². The lowest BCUT2D eigenvalue weighted by molar-refractivity contribution is 0.146. The Morgan fingerprint density at radius 2 is 2.28 bits per heavy atom. The molecule has 1 aromatic rings. The van der Waals surface area contributed by atoms with Gasteiger partial charge in [-0.25, -0.2) is 4.39 Å². The van der Waals surface area contributed by atoms with Gasteiger partial charge in [-0.15, -0.1) is 0 Å². The van der Waals surface area contributed by atoms with Crippen LogP contribution >= 0.6 is 28.1 Å². The van der Waals surface area contributed by atoms with Crippen molar-refractivity contribution in [2.75, 3.05) is 25.1 Å². The fourth-order valence-electron chi connectivity index (χ4n) is 1.28. The maximum Gasteiger partial charge on any atom is 0.170 e. The lowest BCUT2D eigenvalue weighted by atomic mass is 10.3. The molecule has 3 nitrogen and oxygen atoms in total. The normalized spacial score (nSPS) is 10.2. The van der Waals surface area contributed by atoms with Crippen LogP contribution in [0, 0.1) is 5.82 Å². The fourth-order valence-corrected chi connectivity index (χ4v) is 1.94. The lowest BCUT2D eigenvalue weighted by Crippen LogP contribution is -2.29. The Morgan fingerprint density at radius 1 is 1.50 bits per heavy atom. The van der Waals surface area contributed by atoms with Gasteiger partial charge in [-0.05, 0) is 59.7 Å². The monoisotopic (exact) mass is 334 g/mol. The van der Waals surface area contributed by atoms with Gasteiger partial charge in [0.25, 0.3) is 0 Å². The number of hydrogen-bond donors (Lipinski definition) is 2. The molecule has 2 N–H and O–H groups in total. The highest BCUT2D eigenvalue weighted by Gasteiger charge is 2.03. The van der Waals surface area contributed by atoms with E-state index in [1.54, 1.807) is 6.07 Å². The number of hydrogen-bond acceptors (Lipinski definition) is 2. The predicted molar refractivity (Wildman–Crippen MR) is 79.4 cm³/mol. The molecule has 0 aromatic heterocycles. The molecule has 100 valence electrons. The predicted octanol–water partition coefficient (Wildman–Crippen LogP) is 3.30. The Hall–Kier alpha value is -0.720. The first-order valence-electron chi connectivity index (χ1n) is 5.71. The Morgan fingerprint density at radius 3 is 2.94 bits per heavy atom. The third-order valence-electron chi connectivity index (χ3n) is 2.13. The van der Waals surface area contributed by atoms with E-state index in [1.807, 2.05) is 6.92 Å². The standard InChI is InChI=1S/C12H16BrFN2OS/c1-2-17-7-3-6-15-12(18)16-11-5-4-9(14)8-10(11)13/h4-5,8H,2-3,6-7H2,1H3,(H2,15,16,18). The van der Waals surface area contributed by atoms with Gasteiger partial charge in [0.05, 0.1) is 5.69 Å². The van der Waals surface area contributed by atoms with E-state index in [1.165, 1.54) is 12.1 Å². The minimum absolute atomic E-state index is 0.289. The summed E-state index contributed by atoms with van der Waals surface area (Å²) < 4.78 is 18.7. The summed E-state index contributed by atoms with van der Waals surface area (Å²) in [5, 5.41) is 6.56. The van der Waals surface area contributed by atoms with Crippen LogP contribution in [0.1, 0.15) is 13.3 Å². The summed E-state index contributed by atoms with van der Waals surface area (Å²) >= 11 is 8.40. The van der Waals surface area contributed by atoms with Crippen molar-refractivity contribution in [1.82, 2.24) is 5.32 Å². The number of benzene rings is 1. The van der Waals surface area contributed by atoms with Gasteiger partial charge >= 0.3 is 0 Å². The molecule has 0 aliphatic heterocycles. The average molecular weight is 335 g/mol. The smallest absolute Gasteiger partial charge is 0.170 e. The van der Waals surface area contributed by atoms with E-state index < -0.39 is 0 Å². The van der Waals surface area contributed by atoms with Crippen LogP contribution in [0.2, 0.25) is 0 Å². The zero-order valence-corrected chi connectivity index (χ0v) is 12.5. The second-order valence-corrected chi connectivity index (χ2v) is 4.82. The van der Waals surface area contributed by atoms with E-state index >= 15 is 0 Å². The van der Waals surface area contributed by atoms with Crippen molar-refractivity contribution in [2.45, 2.75) is 13.3 Å². The number of rotatable bonds is 6. The van der Waals surface area contributed by atoms with Crippen LogP contribution in [0.15, 0.2) is 22.7 Å². The van der Waals surface area contributed by atoms with Crippen molar-refractivity contribution in [1.29, 1.82) is 0 Å². The molecule has 0 aliphatic carbocycles. The summed E-state index contributed by atoms with van der Waals surface area (Å²) in [7, 11) is 0. The van der Waals surface area contributed by atoms with E-state index in [-0.39, 0.29) is 5.82 Å². The van der Waals surface area contributed by atoms with E-state index in [2.05, 4.69) is 26.6 Å². The summed E-state index contributed by atoms with van der Waals surface area (Å²) in [5.74, 6) is -0.289. The largest absolute Gasteiger partial charge is 0.382 e. The maximum absolute atomic E-state index is 12.9. The van der Waals surface area contributed by atoms with Crippen molar-refractivity contribution in [3.8, 4) is 0 Å². The quantitative estimate of drug-likeness (QED) is 0.617. The number of nitrogens with one attached hydrogen (secondary N) is 2. The van der Waals surface area contributed by atoms with Gasteiger partial charge < -0.3 is 15.4 Å². The van der Waals surface area contributed by atoms with Gasteiger partial charge in [-0.1, -0.05) is 0 Å². The molecule has 6 heteroatoms. The van der Waals surface area contributed by atoms with Crippen molar-refractivity contribution >= 4 is 38.9 Å². The second-order valence-electron chi connectivity index (χ2n) is 3.56. The van der Waals surface area contributed by atoms with Crippen LogP contribution in [0.5, 0.6) is 0 Å². The summed E-state index contributed by atoms with van der Waals surface area (Å²) in [6.45, 7) is 4.15. The van der Waals surface area contributed by atoms with Crippen LogP contribution in [-0.2, 0) is 4.74 Å². The Kier molecular flexibility index (Phi) is 7.15. The Balaban J connectivity index is 2.31. The van der Waals surface area contributed by atoms with E-state index in [0.29, 0.717) is 16.2 Å². The summed E-state index contributed by atoms with van der Waals surface area (Å²) in [6.07, 6.45) is 0.889. The fraction of sp³-hybridized carbons (Fsp3) is 0.417. The first-order chi connectivity index (χ1) is 8.63. The molecular formula is C12H16BrFN2OS. The van der Waals surface area contributed by atoms with Crippen LogP contribution in [0.3, 0.4) is 0 Å². The Labute approximate surface area is 120 Å². The first-order valence-corrected chi connectivity index (χ1v) is 6.91. The molecule has 1 rings (SSSR count). The average Bonchev–Trinajstić information content (AvgIpc) is 2.32.